The van der Waals surface area contributed by atoms with Gasteiger partial charge >= 0.3 is 5.69 Å². The van der Waals surface area contributed by atoms with Crippen LogP contribution in [-0.4, -0.2) is 9.91 Å². The fourth-order valence-electron chi connectivity index (χ4n) is 1.72. The van der Waals surface area contributed by atoms with Crippen LogP contribution in [0.25, 0.3) is 0 Å². The summed E-state index contributed by atoms with van der Waals surface area (Å²) in [6.45, 7) is -0.0465. The maximum Gasteiger partial charge on any atom is 0.328 e. The third-order valence-corrected chi connectivity index (χ3v) is 3.00. The fraction of sp³-hybridized carbons (Fsp3) is 0.0769. The highest BCUT2D eigenvalue weighted by Crippen LogP contribution is 2.26. The molecule has 0 saturated heterocycles. The van der Waals surface area contributed by atoms with Gasteiger partial charge in [0.1, 0.15) is 17.4 Å². The number of nitrogens with zero attached hydrogens (tertiary/aromatic N) is 3. The van der Waals surface area contributed by atoms with Gasteiger partial charge in [-0.15, -0.1) is 0 Å². The molecule has 0 bridgehead atoms. The molecule has 1 aromatic carbocycles. The molecule has 0 spiro atoms. The summed E-state index contributed by atoms with van der Waals surface area (Å²) in [5.41, 5.74) is -0.326. The van der Waals surface area contributed by atoms with Gasteiger partial charge in [0.15, 0.2) is 0 Å². The van der Waals surface area contributed by atoms with Crippen molar-refractivity contribution in [1.29, 1.82) is 5.26 Å². The Balaban J connectivity index is 2.31. The number of halogens is 2. The highest BCUT2D eigenvalue weighted by Gasteiger charge is 2.21. The minimum Gasteiger partial charge on any atom is -0.360 e. The van der Waals surface area contributed by atoms with E-state index in [-0.39, 0.29) is 28.5 Å². The Morgan fingerprint density at radius 1 is 1.48 bits per heavy atom. The van der Waals surface area contributed by atoms with Gasteiger partial charge in [0, 0.05) is 18.3 Å². The first-order valence-corrected chi connectivity index (χ1v) is 6.12. The van der Waals surface area contributed by atoms with Gasteiger partial charge in [-0.1, -0.05) is 23.7 Å². The van der Waals surface area contributed by atoms with E-state index in [9.17, 15) is 14.5 Å². The van der Waals surface area contributed by atoms with Crippen molar-refractivity contribution < 1.29 is 9.31 Å². The SMILES string of the molecule is N#Cc1ccnc(NCc2cccc(Cl)c2F)c1[N+](=O)[O-]. The molecule has 1 N–H and O–H groups in total. The lowest BCUT2D eigenvalue weighted by Gasteiger charge is -2.08. The molecule has 0 unspecified atom stereocenters. The topological polar surface area (TPSA) is 91.8 Å². The first-order valence-electron chi connectivity index (χ1n) is 5.75. The Labute approximate surface area is 124 Å². The molecule has 0 aliphatic heterocycles. The number of hydrogen-bond acceptors (Lipinski definition) is 5. The second-order valence-corrected chi connectivity index (χ2v) is 4.40. The lowest BCUT2D eigenvalue weighted by molar-refractivity contribution is -0.384. The van der Waals surface area contributed by atoms with Crippen molar-refractivity contribution in [3.05, 3.63) is 62.5 Å². The van der Waals surface area contributed by atoms with Gasteiger partial charge < -0.3 is 5.32 Å². The molecule has 1 aromatic heterocycles. The van der Waals surface area contributed by atoms with Crippen LogP contribution in [0.3, 0.4) is 0 Å². The van der Waals surface area contributed by atoms with E-state index in [1.807, 2.05) is 0 Å². The van der Waals surface area contributed by atoms with E-state index < -0.39 is 16.4 Å². The van der Waals surface area contributed by atoms with Crippen LogP contribution in [-0.2, 0) is 6.54 Å². The van der Waals surface area contributed by atoms with Crippen molar-refractivity contribution in [1.82, 2.24) is 4.98 Å². The van der Waals surface area contributed by atoms with Crippen molar-refractivity contribution in [3.63, 3.8) is 0 Å². The average Bonchev–Trinajstić information content (AvgIpc) is 2.48. The van der Waals surface area contributed by atoms with Crippen LogP contribution in [0.15, 0.2) is 30.5 Å². The Morgan fingerprint density at radius 2 is 2.24 bits per heavy atom. The molecule has 106 valence electrons. The molecule has 0 radical (unpaired) electrons. The highest BCUT2D eigenvalue weighted by molar-refractivity contribution is 6.30. The number of nitrogens with one attached hydrogen (secondary N) is 1. The van der Waals surface area contributed by atoms with E-state index in [1.165, 1.54) is 24.4 Å². The van der Waals surface area contributed by atoms with Gasteiger partial charge in [-0.3, -0.25) is 10.1 Å². The summed E-state index contributed by atoms with van der Waals surface area (Å²) in [4.78, 5) is 14.1. The fourth-order valence-corrected chi connectivity index (χ4v) is 1.92. The van der Waals surface area contributed by atoms with Gasteiger partial charge in [0.25, 0.3) is 0 Å². The predicted molar refractivity (Wildman–Crippen MR) is 74.3 cm³/mol. The van der Waals surface area contributed by atoms with E-state index in [2.05, 4.69) is 10.3 Å². The molecular formula is C13H8ClFN4O2. The number of anilines is 1. The monoisotopic (exact) mass is 306 g/mol. The zero-order chi connectivity index (χ0) is 15.4. The van der Waals surface area contributed by atoms with Crippen LogP contribution < -0.4 is 5.32 Å². The highest BCUT2D eigenvalue weighted by atomic mass is 35.5. The van der Waals surface area contributed by atoms with E-state index in [0.717, 1.165) is 0 Å². The molecule has 0 saturated carbocycles. The summed E-state index contributed by atoms with van der Waals surface area (Å²) in [5, 5.41) is 22.5. The van der Waals surface area contributed by atoms with Crippen molar-refractivity contribution >= 4 is 23.1 Å². The molecule has 2 aromatic rings. The minimum atomic E-state index is -0.706. The molecule has 21 heavy (non-hydrogen) atoms. The van der Waals surface area contributed by atoms with Crippen molar-refractivity contribution in [2.45, 2.75) is 6.54 Å². The third kappa shape index (κ3) is 3.07. The summed E-state index contributed by atoms with van der Waals surface area (Å²) in [5.74, 6) is -0.704. The largest absolute Gasteiger partial charge is 0.360 e. The molecule has 1 heterocycles. The summed E-state index contributed by atoms with van der Waals surface area (Å²) >= 11 is 5.66. The van der Waals surface area contributed by atoms with Gasteiger partial charge in [-0.25, -0.2) is 9.37 Å². The van der Waals surface area contributed by atoms with E-state index in [1.54, 1.807) is 12.1 Å². The summed E-state index contributed by atoms with van der Waals surface area (Å²) in [6.07, 6.45) is 1.27. The number of nitriles is 1. The third-order valence-electron chi connectivity index (χ3n) is 2.71. The second-order valence-electron chi connectivity index (χ2n) is 3.99. The van der Waals surface area contributed by atoms with Crippen molar-refractivity contribution in [3.8, 4) is 6.07 Å². The number of rotatable bonds is 4. The molecule has 0 aliphatic rings. The summed E-state index contributed by atoms with van der Waals surface area (Å²) in [6, 6.07) is 7.42. The van der Waals surface area contributed by atoms with Crippen molar-refractivity contribution in [2.24, 2.45) is 0 Å². The lowest BCUT2D eigenvalue weighted by atomic mass is 10.2. The predicted octanol–water partition coefficient (Wildman–Crippen LogP) is 3.27. The molecular weight excluding hydrogens is 299 g/mol. The standard InChI is InChI=1S/C13H8ClFN4O2/c14-10-3-1-2-9(11(10)15)7-18-13-12(19(20)21)8(6-16)4-5-17-13/h1-5H,7H2,(H,17,18). The zero-order valence-corrected chi connectivity index (χ0v) is 11.3. The lowest BCUT2D eigenvalue weighted by Crippen LogP contribution is -2.07. The Hall–Kier alpha value is -2.72. The van der Waals surface area contributed by atoms with E-state index >= 15 is 0 Å². The molecule has 2 rings (SSSR count). The molecule has 6 nitrogen and oxygen atoms in total. The quantitative estimate of drug-likeness (QED) is 0.691. The van der Waals surface area contributed by atoms with E-state index in [0.29, 0.717) is 0 Å². The van der Waals surface area contributed by atoms with Gasteiger partial charge in [0.05, 0.1) is 9.95 Å². The number of hydrogen-bond donors (Lipinski definition) is 1. The van der Waals surface area contributed by atoms with Crippen LogP contribution in [0.5, 0.6) is 0 Å². The Kier molecular flexibility index (Phi) is 4.30. The molecule has 0 amide bonds. The maximum atomic E-state index is 13.7. The zero-order valence-electron chi connectivity index (χ0n) is 10.5. The first kappa shape index (κ1) is 14.7. The van der Waals surface area contributed by atoms with Crippen LogP contribution in [0.1, 0.15) is 11.1 Å². The number of nitro groups is 1. The molecule has 8 heteroatoms. The van der Waals surface area contributed by atoms with Crippen LogP contribution >= 0.6 is 11.6 Å². The molecule has 0 fully saturated rings. The van der Waals surface area contributed by atoms with Gasteiger partial charge in [-0.05, 0) is 12.1 Å². The number of pyridine rings is 1. The number of aromatic nitrogens is 1. The number of benzene rings is 1. The van der Waals surface area contributed by atoms with Gasteiger partial charge in [-0.2, -0.15) is 5.26 Å². The molecule has 0 aliphatic carbocycles. The minimum absolute atomic E-state index is 0.0393. The second kappa shape index (κ2) is 6.15. The summed E-state index contributed by atoms with van der Waals surface area (Å²) in [7, 11) is 0. The Morgan fingerprint density at radius 3 is 2.90 bits per heavy atom. The van der Waals surface area contributed by atoms with Crippen molar-refractivity contribution in [2.75, 3.05) is 5.32 Å². The smallest absolute Gasteiger partial charge is 0.328 e. The maximum absolute atomic E-state index is 13.7. The molecule has 0 atom stereocenters. The van der Waals surface area contributed by atoms with Crippen LogP contribution in [0.4, 0.5) is 15.9 Å². The van der Waals surface area contributed by atoms with Crippen LogP contribution in [0.2, 0.25) is 5.02 Å². The summed E-state index contributed by atoms with van der Waals surface area (Å²) < 4.78 is 13.7. The average molecular weight is 307 g/mol. The first-order chi connectivity index (χ1) is 10.0. The van der Waals surface area contributed by atoms with Crippen LogP contribution in [0, 0.1) is 27.3 Å². The van der Waals surface area contributed by atoms with E-state index in [4.69, 9.17) is 16.9 Å². The normalized spacial score (nSPS) is 9.95. The Bertz CT molecular complexity index is 745. The van der Waals surface area contributed by atoms with Gasteiger partial charge in [0.2, 0.25) is 5.82 Å².